The third kappa shape index (κ3) is 3.07. The van der Waals surface area contributed by atoms with Crippen molar-refractivity contribution in [2.24, 2.45) is 0 Å². The van der Waals surface area contributed by atoms with E-state index in [1.54, 1.807) is 19.9 Å². The Labute approximate surface area is 123 Å². The van der Waals surface area contributed by atoms with Crippen LogP contribution in [0.3, 0.4) is 0 Å². The molecule has 1 saturated heterocycles. The third-order valence-electron chi connectivity index (χ3n) is 3.69. The van der Waals surface area contributed by atoms with Gasteiger partial charge in [0.05, 0.1) is 9.82 Å². The largest absolute Gasteiger partial charge is 0.315 e. The van der Waals surface area contributed by atoms with E-state index >= 15 is 0 Å². The summed E-state index contributed by atoms with van der Waals surface area (Å²) in [5, 5.41) is 14.2. The molecule has 0 spiro atoms. The smallest absolute Gasteiger partial charge is 0.276 e. The third-order valence-corrected chi connectivity index (χ3v) is 5.50. The lowest BCUT2D eigenvalue weighted by Crippen LogP contribution is -2.37. The molecule has 0 aromatic heterocycles. The lowest BCUT2D eigenvalue weighted by molar-refractivity contribution is -0.386. The van der Waals surface area contributed by atoms with Crippen LogP contribution >= 0.6 is 0 Å². The van der Waals surface area contributed by atoms with Gasteiger partial charge in [0.1, 0.15) is 0 Å². The zero-order chi connectivity index (χ0) is 15.8. The van der Waals surface area contributed by atoms with Gasteiger partial charge in [0.25, 0.3) is 5.69 Å². The number of aryl methyl sites for hydroxylation is 2. The average molecular weight is 313 g/mol. The molecule has 0 saturated carbocycles. The molecule has 21 heavy (non-hydrogen) atoms. The summed E-state index contributed by atoms with van der Waals surface area (Å²) in [7, 11) is -3.77. The fraction of sp³-hybridized carbons (Fsp3) is 0.538. The topological polar surface area (TPSA) is 101 Å². The maximum Gasteiger partial charge on any atom is 0.276 e. The minimum atomic E-state index is -3.77. The van der Waals surface area contributed by atoms with Crippen molar-refractivity contribution in [3.05, 3.63) is 32.9 Å². The van der Waals surface area contributed by atoms with Crippen molar-refractivity contribution in [1.29, 1.82) is 0 Å². The number of nitrogens with one attached hydrogen (secondary N) is 2. The molecular weight excluding hydrogens is 294 g/mol. The molecule has 2 N–H and O–H groups in total. The zero-order valence-corrected chi connectivity index (χ0v) is 13.1. The van der Waals surface area contributed by atoms with Crippen LogP contribution in [-0.2, 0) is 10.0 Å². The average Bonchev–Trinajstić information content (AvgIpc) is 2.78. The Kier molecular flexibility index (Phi) is 4.31. The molecule has 1 aromatic carbocycles. The van der Waals surface area contributed by atoms with E-state index in [1.807, 2.05) is 0 Å². The maximum absolute atomic E-state index is 12.6. The molecule has 1 aliphatic heterocycles. The molecule has 1 heterocycles. The number of nitro benzene ring substituents is 1. The van der Waals surface area contributed by atoms with Gasteiger partial charge < -0.3 is 5.32 Å². The standard InChI is InChI=1S/C13H19N3O4S/c1-8-6-9(2)13(10(3)12(8)16(17)18)21(19,20)15-11-4-5-14-7-11/h6,11,14-15H,4-5,7H2,1-3H3/t11-/m1/s1. The highest BCUT2D eigenvalue weighted by atomic mass is 32.2. The van der Waals surface area contributed by atoms with Crippen LogP contribution in [0, 0.1) is 30.9 Å². The van der Waals surface area contributed by atoms with Crippen molar-refractivity contribution in [2.45, 2.75) is 38.1 Å². The summed E-state index contributed by atoms with van der Waals surface area (Å²) in [5.74, 6) is 0. The Bertz CT molecular complexity index is 679. The highest BCUT2D eigenvalue weighted by molar-refractivity contribution is 7.89. The van der Waals surface area contributed by atoms with Crippen molar-refractivity contribution >= 4 is 15.7 Å². The van der Waals surface area contributed by atoms with E-state index < -0.39 is 14.9 Å². The number of nitro groups is 1. The Morgan fingerprint density at radius 2 is 2.00 bits per heavy atom. The van der Waals surface area contributed by atoms with Gasteiger partial charge in [0, 0.05) is 23.7 Å². The second-order valence-electron chi connectivity index (χ2n) is 5.38. The molecule has 0 amide bonds. The van der Waals surface area contributed by atoms with Crippen LogP contribution in [0.15, 0.2) is 11.0 Å². The minimum Gasteiger partial charge on any atom is -0.315 e. The summed E-state index contributed by atoms with van der Waals surface area (Å²) >= 11 is 0. The molecule has 1 fully saturated rings. The lowest BCUT2D eigenvalue weighted by Gasteiger charge is -2.16. The SMILES string of the molecule is Cc1cc(C)c(S(=O)(=O)N[C@@H]2CCNC2)c(C)c1[N+](=O)[O-]. The molecule has 1 aliphatic rings. The Morgan fingerprint density at radius 1 is 1.33 bits per heavy atom. The van der Waals surface area contributed by atoms with Crippen LogP contribution in [0.2, 0.25) is 0 Å². The Balaban J connectivity index is 2.52. The van der Waals surface area contributed by atoms with E-state index in [0.717, 1.165) is 6.54 Å². The number of rotatable bonds is 4. The first-order valence-electron chi connectivity index (χ1n) is 6.72. The predicted octanol–water partition coefficient (Wildman–Crippen LogP) is 1.16. The van der Waals surface area contributed by atoms with Gasteiger partial charge in [-0.1, -0.05) is 0 Å². The summed E-state index contributed by atoms with van der Waals surface area (Å²) in [6, 6.07) is 1.38. The monoisotopic (exact) mass is 313 g/mol. The molecule has 2 rings (SSSR count). The van der Waals surface area contributed by atoms with Crippen LogP contribution in [0.25, 0.3) is 0 Å². The highest BCUT2D eigenvalue weighted by Crippen LogP contribution is 2.31. The molecule has 1 aromatic rings. The minimum absolute atomic E-state index is 0.0201. The van der Waals surface area contributed by atoms with Crippen LogP contribution in [0.1, 0.15) is 23.1 Å². The lowest BCUT2D eigenvalue weighted by atomic mass is 10.1. The highest BCUT2D eigenvalue weighted by Gasteiger charge is 2.30. The molecule has 7 nitrogen and oxygen atoms in total. The number of benzene rings is 1. The number of nitrogens with zero attached hydrogens (tertiary/aromatic N) is 1. The first kappa shape index (κ1) is 15.9. The molecule has 0 radical (unpaired) electrons. The van der Waals surface area contributed by atoms with Crippen molar-refractivity contribution in [3.8, 4) is 0 Å². The Morgan fingerprint density at radius 3 is 2.52 bits per heavy atom. The van der Waals surface area contributed by atoms with Crippen molar-refractivity contribution in [3.63, 3.8) is 0 Å². The van der Waals surface area contributed by atoms with Crippen LogP contribution < -0.4 is 10.0 Å². The van der Waals surface area contributed by atoms with Gasteiger partial charge in [-0.15, -0.1) is 0 Å². The number of hydrogen-bond acceptors (Lipinski definition) is 5. The van der Waals surface area contributed by atoms with Gasteiger partial charge in [-0.05, 0) is 45.4 Å². The predicted molar refractivity (Wildman–Crippen MR) is 78.9 cm³/mol. The molecular formula is C13H19N3O4S. The summed E-state index contributed by atoms with van der Waals surface area (Å²) in [5.41, 5.74) is 1.05. The summed E-state index contributed by atoms with van der Waals surface area (Å²) < 4.78 is 27.7. The van der Waals surface area contributed by atoms with E-state index in [0.29, 0.717) is 24.1 Å². The fourth-order valence-corrected chi connectivity index (χ4v) is 4.63. The zero-order valence-electron chi connectivity index (χ0n) is 12.3. The number of sulfonamides is 1. The van der Waals surface area contributed by atoms with E-state index in [-0.39, 0.29) is 22.2 Å². The van der Waals surface area contributed by atoms with E-state index in [2.05, 4.69) is 10.0 Å². The fourth-order valence-electron chi connectivity index (χ4n) is 2.89. The summed E-state index contributed by atoms with van der Waals surface area (Å²) in [4.78, 5) is 10.7. The van der Waals surface area contributed by atoms with Crippen molar-refractivity contribution in [1.82, 2.24) is 10.0 Å². The van der Waals surface area contributed by atoms with Crippen LogP contribution in [-0.4, -0.2) is 32.5 Å². The molecule has 8 heteroatoms. The van der Waals surface area contributed by atoms with Gasteiger partial charge in [-0.25, -0.2) is 13.1 Å². The summed E-state index contributed by atoms with van der Waals surface area (Å²) in [6.07, 6.45) is 0.714. The van der Waals surface area contributed by atoms with Crippen LogP contribution in [0.5, 0.6) is 0 Å². The van der Waals surface area contributed by atoms with E-state index in [4.69, 9.17) is 0 Å². The van der Waals surface area contributed by atoms with Gasteiger partial charge in [0.15, 0.2) is 0 Å². The second-order valence-corrected chi connectivity index (χ2v) is 7.03. The van der Waals surface area contributed by atoms with Crippen molar-refractivity contribution in [2.75, 3.05) is 13.1 Å². The van der Waals surface area contributed by atoms with Crippen LogP contribution in [0.4, 0.5) is 5.69 Å². The van der Waals surface area contributed by atoms with Gasteiger partial charge in [-0.3, -0.25) is 10.1 Å². The van der Waals surface area contributed by atoms with Gasteiger partial charge in [-0.2, -0.15) is 0 Å². The first-order chi connectivity index (χ1) is 9.74. The van der Waals surface area contributed by atoms with E-state index in [1.165, 1.54) is 6.92 Å². The number of hydrogen-bond donors (Lipinski definition) is 2. The molecule has 0 unspecified atom stereocenters. The van der Waals surface area contributed by atoms with E-state index in [9.17, 15) is 18.5 Å². The maximum atomic E-state index is 12.6. The molecule has 1 atom stereocenters. The van der Waals surface area contributed by atoms with Gasteiger partial charge >= 0.3 is 0 Å². The second kappa shape index (κ2) is 5.70. The Hall–Kier alpha value is -1.51. The first-order valence-corrected chi connectivity index (χ1v) is 8.20. The quantitative estimate of drug-likeness (QED) is 0.641. The van der Waals surface area contributed by atoms with Gasteiger partial charge in [0.2, 0.25) is 10.0 Å². The molecule has 0 bridgehead atoms. The normalized spacial score (nSPS) is 18.9. The molecule has 0 aliphatic carbocycles. The summed E-state index contributed by atoms with van der Waals surface area (Å²) in [6.45, 7) is 6.10. The molecule has 116 valence electrons. The van der Waals surface area contributed by atoms with Crippen molar-refractivity contribution < 1.29 is 13.3 Å².